The van der Waals surface area contributed by atoms with Crippen molar-refractivity contribution in [3.8, 4) is 0 Å². The molecule has 0 saturated heterocycles. The maximum Gasteiger partial charge on any atom is 0.136 e. The number of rotatable bonds is 6. The van der Waals surface area contributed by atoms with Crippen LogP contribution in [0.3, 0.4) is 0 Å². The van der Waals surface area contributed by atoms with E-state index in [9.17, 15) is 19.2 Å². The summed E-state index contributed by atoms with van der Waals surface area (Å²) in [6, 6.07) is 0. The molecule has 0 aromatic rings. The van der Waals surface area contributed by atoms with Gasteiger partial charge in [0.25, 0.3) is 0 Å². The van der Waals surface area contributed by atoms with Crippen molar-refractivity contribution in [1.29, 1.82) is 0 Å². The number of hydrogen-bond donors (Lipinski definition) is 0. The zero-order chi connectivity index (χ0) is 46.3. The van der Waals surface area contributed by atoms with E-state index in [1.165, 1.54) is 102 Å². The molecule has 8 saturated carbocycles. The highest BCUT2D eigenvalue weighted by atomic mass is 16.1. The molecule has 8 fully saturated rings. The fourth-order valence-electron chi connectivity index (χ4n) is 16.5. The van der Waals surface area contributed by atoms with E-state index in [1.54, 1.807) is 0 Å². The highest BCUT2D eigenvalue weighted by molar-refractivity contribution is 5.82. The first-order chi connectivity index (χ1) is 28.7. The fraction of sp³-hybridized carbons (Fsp3) is 0.862. The standard InChI is InChI=1S/C18H30O.2C16H26O.C8H14O/c1-11-7-8-14-17(5,6)15-10-18(11,14)9-13(12(2)19)16(15,3)4;1-11(2)13-6-7-15(4)10-14(17)8-12(3)16(15,5)9-13;1-3-4-7-15(17)14-12-16(9-5-6-10-16)11-8-13(14)2;1-8(2)5-3-4-7(9)6-8/h11,13-15H,7-10H2,1-6H3;12-13H,1,6-10H2,2-5H3;3,13-14H,1,4-12H2,2H3;3-6H2,1-2H3. The molecule has 0 N–H and O–H groups in total. The molecule has 0 aliphatic heterocycles. The number of hydrogen-bond acceptors (Lipinski definition) is 4. The summed E-state index contributed by atoms with van der Waals surface area (Å²) in [7, 11) is 0. The first kappa shape index (κ1) is 51.1. The van der Waals surface area contributed by atoms with Crippen molar-refractivity contribution in [1.82, 2.24) is 0 Å². The van der Waals surface area contributed by atoms with Crippen LogP contribution < -0.4 is 0 Å². The molecule has 0 radical (unpaired) electrons. The number of ketones is 4. The van der Waals surface area contributed by atoms with Crippen LogP contribution in [0, 0.1) is 85.2 Å². The Morgan fingerprint density at radius 2 is 1.35 bits per heavy atom. The predicted molar refractivity (Wildman–Crippen MR) is 260 cm³/mol. The third-order valence-corrected chi connectivity index (χ3v) is 20.9. The first-order valence-electron chi connectivity index (χ1n) is 26.0. The average molecular weight is 857 g/mol. The molecule has 2 spiro atoms. The van der Waals surface area contributed by atoms with Crippen molar-refractivity contribution in [2.75, 3.05) is 0 Å². The maximum atomic E-state index is 12.3. The molecular formula is C58H96O4. The van der Waals surface area contributed by atoms with E-state index < -0.39 is 0 Å². The zero-order valence-corrected chi connectivity index (χ0v) is 42.8. The van der Waals surface area contributed by atoms with Crippen molar-refractivity contribution >= 4 is 23.1 Å². The van der Waals surface area contributed by atoms with Gasteiger partial charge in [-0.05, 0) is 184 Å². The Bertz CT molecular complexity index is 1650. The summed E-state index contributed by atoms with van der Waals surface area (Å²) in [5.41, 5.74) is 3.83. The van der Waals surface area contributed by atoms with Crippen LogP contribution in [-0.2, 0) is 19.2 Å². The van der Waals surface area contributed by atoms with Gasteiger partial charge in [0, 0.05) is 43.9 Å². The van der Waals surface area contributed by atoms with Crippen LogP contribution in [0.4, 0.5) is 0 Å². The van der Waals surface area contributed by atoms with Crippen molar-refractivity contribution in [2.45, 2.75) is 231 Å². The van der Waals surface area contributed by atoms with Crippen LogP contribution >= 0.6 is 0 Å². The van der Waals surface area contributed by atoms with E-state index in [0.29, 0.717) is 80.3 Å². The molecule has 11 unspecified atom stereocenters. The van der Waals surface area contributed by atoms with Crippen molar-refractivity contribution in [3.05, 3.63) is 24.8 Å². The predicted octanol–water partition coefficient (Wildman–Crippen LogP) is 15.7. The molecule has 0 heterocycles. The highest BCUT2D eigenvalue weighted by Gasteiger charge is 2.69. The molecule has 11 atom stereocenters. The van der Waals surface area contributed by atoms with Crippen LogP contribution in [0.15, 0.2) is 24.8 Å². The van der Waals surface area contributed by atoms with E-state index in [2.05, 4.69) is 96.2 Å². The molecular weight excluding hydrogens is 761 g/mol. The summed E-state index contributed by atoms with van der Waals surface area (Å²) in [4.78, 5) is 47.2. The fourth-order valence-corrected chi connectivity index (χ4v) is 16.5. The molecule has 4 nitrogen and oxygen atoms in total. The third kappa shape index (κ3) is 10.2. The minimum Gasteiger partial charge on any atom is -0.300 e. The van der Waals surface area contributed by atoms with E-state index in [1.807, 2.05) is 13.0 Å². The quantitative estimate of drug-likeness (QED) is 0.250. The summed E-state index contributed by atoms with van der Waals surface area (Å²) in [6.07, 6.45) is 27.3. The van der Waals surface area contributed by atoms with Gasteiger partial charge >= 0.3 is 0 Å². The topological polar surface area (TPSA) is 68.3 Å². The molecule has 8 aliphatic carbocycles. The molecule has 2 bridgehead atoms. The molecule has 0 aromatic heterocycles. The number of Topliss-reactive ketones (excluding diaryl/α,β-unsaturated/α-hetero) is 4. The van der Waals surface area contributed by atoms with Gasteiger partial charge in [-0.3, -0.25) is 19.2 Å². The van der Waals surface area contributed by atoms with Gasteiger partial charge in [-0.15, -0.1) is 6.58 Å². The number of fused-ring (bicyclic) bond motifs is 2. The van der Waals surface area contributed by atoms with Gasteiger partial charge in [-0.2, -0.15) is 0 Å². The van der Waals surface area contributed by atoms with Crippen LogP contribution in [0.25, 0.3) is 0 Å². The molecule has 8 aliphatic rings. The third-order valence-electron chi connectivity index (χ3n) is 20.9. The highest BCUT2D eigenvalue weighted by Crippen LogP contribution is 2.76. The lowest BCUT2D eigenvalue weighted by molar-refractivity contribution is -0.141. The molecule has 352 valence electrons. The van der Waals surface area contributed by atoms with Crippen LogP contribution in [0.1, 0.15) is 231 Å². The van der Waals surface area contributed by atoms with Gasteiger partial charge in [0.15, 0.2) is 0 Å². The van der Waals surface area contributed by atoms with Gasteiger partial charge in [-0.1, -0.05) is 107 Å². The summed E-state index contributed by atoms with van der Waals surface area (Å²) in [5, 5.41) is 0. The van der Waals surface area contributed by atoms with Crippen molar-refractivity contribution in [2.24, 2.45) is 85.2 Å². The monoisotopic (exact) mass is 857 g/mol. The van der Waals surface area contributed by atoms with Gasteiger partial charge in [0.05, 0.1) is 0 Å². The maximum absolute atomic E-state index is 12.3. The van der Waals surface area contributed by atoms with Crippen LogP contribution in [0.2, 0.25) is 0 Å². The average Bonchev–Trinajstić information content (AvgIpc) is 3.82. The molecule has 8 rings (SSSR count). The van der Waals surface area contributed by atoms with E-state index in [4.69, 9.17) is 0 Å². The Hall–Kier alpha value is -1.84. The first-order valence-corrected chi connectivity index (χ1v) is 26.0. The van der Waals surface area contributed by atoms with E-state index in [0.717, 1.165) is 56.3 Å². The van der Waals surface area contributed by atoms with Gasteiger partial charge in [0.2, 0.25) is 0 Å². The van der Waals surface area contributed by atoms with Crippen molar-refractivity contribution in [3.63, 3.8) is 0 Å². The van der Waals surface area contributed by atoms with Crippen LogP contribution in [0.5, 0.6) is 0 Å². The Balaban J connectivity index is 0.000000160. The smallest absolute Gasteiger partial charge is 0.136 e. The minimum atomic E-state index is 0.185. The lowest BCUT2D eigenvalue weighted by Gasteiger charge is -2.58. The van der Waals surface area contributed by atoms with E-state index >= 15 is 0 Å². The Labute approximate surface area is 382 Å². The van der Waals surface area contributed by atoms with Gasteiger partial charge in [-0.25, -0.2) is 0 Å². The normalized spacial score (nSPS) is 40.5. The molecule has 4 heteroatoms. The van der Waals surface area contributed by atoms with Crippen molar-refractivity contribution < 1.29 is 19.2 Å². The largest absolute Gasteiger partial charge is 0.300 e. The summed E-state index contributed by atoms with van der Waals surface area (Å²) < 4.78 is 0. The zero-order valence-electron chi connectivity index (χ0n) is 42.8. The lowest BCUT2D eigenvalue weighted by atomic mass is 9.46. The summed E-state index contributed by atoms with van der Waals surface area (Å²) in [6.45, 7) is 37.7. The Morgan fingerprint density at radius 3 is 1.92 bits per heavy atom. The molecule has 62 heavy (non-hydrogen) atoms. The number of carbonyl (C=O) groups excluding carboxylic acids is 4. The molecule has 0 aromatic carbocycles. The van der Waals surface area contributed by atoms with Crippen LogP contribution in [-0.4, -0.2) is 23.1 Å². The van der Waals surface area contributed by atoms with Gasteiger partial charge in [0.1, 0.15) is 23.1 Å². The number of allylic oxidation sites excluding steroid dienone is 2. The Kier molecular flexibility index (Phi) is 15.8. The molecule has 0 amide bonds. The Morgan fingerprint density at radius 1 is 0.694 bits per heavy atom. The summed E-state index contributed by atoms with van der Waals surface area (Å²) in [5.74, 6) is 6.69. The minimum absolute atomic E-state index is 0.185. The lowest BCUT2D eigenvalue weighted by Crippen LogP contribution is -2.52. The van der Waals surface area contributed by atoms with Gasteiger partial charge < -0.3 is 0 Å². The number of carbonyl (C=O) groups is 4. The second-order valence-electron chi connectivity index (χ2n) is 26.2. The second kappa shape index (κ2) is 19.2. The van der Waals surface area contributed by atoms with E-state index in [-0.39, 0.29) is 16.7 Å². The summed E-state index contributed by atoms with van der Waals surface area (Å²) >= 11 is 0. The SMILES string of the molecule is C=C(C)C1CCC2(C)CC(=O)CC(C)C2(C)C1.C=CCCC(=O)C1CC2(CCCC2)CCC1C.CC(=O)C1CC23CC(C1(C)C)C(C)(C)C2CCC3C.CC1(C)CCCC(=O)C1. The second-order valence-corrected chi connectivity index (χ2v) is 26.2.